The molecule has 0 aliphatic heterocycles. The largest absolute Gasteiger partial charge is 0.479 e. The van der Waals surface area contributed by atoms with Gasteiger partial charge in [0.1, 0.15) is 5.75 Å². The van der Waals surface area contributed by atoms with Crippen molar-refractivity contribution in [2.45, 2.75) is 64.0 Å². The minimum Gasteiger partial charge on any atom is -0.479 e. The first-order chi connectivity index (χ1) is 10.6. The Kier molecular flexibility index (Phi) is 6.84. The van der Waals surface area contributed by atoms with Gasteiger partial charge in [-0.1, -0.05) is 55.3 Å². The zero-order valence-electron chi connectivity index (χ0n) is 12.9. The standard InChI is InChI=1S/C17H23Cl2NO2/c1-12(22-16-10-9-13(18)11-15(16)19)17(21)20-14-7-5-3-2-4-6-8-14/h9-12,14H,2-8H2,1H3,(H,20,21)/t12-/m0/s1. The summed E-state index contributed by atoms with van der Waals surface area (Å²) in [5.41, 5.74) is 0. The molecule has 1 aromatic carbocycles. The molecule has 1 atom stereocenters. The summed E-state index contributed by atoms with van der Waals surface area (Å²) < 4.78 is 5.66. The predicted molar refractivity (Wildman–Crippen MR) is 90.8 cm³/mol. The molecule has 0 saturated heterocycles. The van der Waals surface area contributed by atoms with Crippen LogP contribution in [-0.2, 0) is 4.79 Å². The van der Waals surface area contributed by atoms with Crippen LogP contribution < -0.4 is 10.1 Å². The Hall–Kier alpha value is -0.930. The number of carbonyl (C=O) groups excluding carboxylic acids is 1. The van der Waals surface area contributed by atoms with Gasteiger partial charge in [-0.25, -0.2) is 0 Å². The number of ether oxygens (including phenoxy) is 1. The first-order valence-corrected chi connectivity index (χ1v) is 8.74. The lowest BCUT2D eigenvalue weighted by atomic mass is 9.96. The van der Waals surface area contributed by atoms with Gasteiger partial charge in [-0.3, -0.25) is 4.79 Å². The summed E-state index contributed by atoms with van der Waals surface area (Å²) >= 11 is 11.9. The molecule has 0 radical (unpaired) electrons. The van der Waals surface area contributed by atoms with E-state index in [4.69, 9.17) is 27.9 Å². The Balaban J connectivity index is 1.88. The lowest BCUT2D eigenvalue weighted by Crippen LogP contribution is -2.42. The molecule has 1 aliphatic carbocycles. The van der Waals surface area contributed by atoms with Crippen LogP contribution in [0.1, 0.15) is 51.9 Å². The molecular formula is C17H23Cl2NO2. The average Bonchev–Trinajstić information content (AvgIpc) is 2.44. The molecule has 5 heteroatoms. The third kappa shape index (κ3) is 5.36. The van der Waals surface area contributed by atoms with Crippen molar-refractivity contribution in [2.75, 3.05) is 0 Å². The number of nitrogens with one attached hydrogen (secondary N) is 1. The predicted octanol–water partition coefficient (Wildman–Crippen LogP) is 4.99. The van der Waals surface area contributed by atoms with E-state index in [1.807, 2.05) is 0 Å². The zero-order chi connectivity index (χ0) is 15.9. The summed E-state index contributed by atoms with van der Waals surface area (Å²) in [7, 11) is 0. The first kappa shape index (κ1) is 17.4. The highest BCUT2D eigenvalue weighted by Crippen LogP contribution is 2.28. The number of hydrogen-bond acceptors (Lipinski definition) is 2. The fraction of sp³-hybridized carbons (Fsp3) is 0.588. The molecule has 1 N–H and O–H groups in total. The first-order valence-electron chi connectivity index (χ1n) is 7.98. The molecular weight excluding hydrogens is 321 g/mol. The highest BCUT2D eigenvalue weighted by atomic mass is 35.5. The van der Waals surface area contributed by atoms with Gasteiger partial charge >= 0.3 is 0 Å². The van der Waals surface area contributed by atoms with Crippen LogP contribution in [0.25, 0.3) is 0 Å². The normalized spacial score (nSPS) is 18.1. The highest BCUT2D eigenvalue weighted by Gasteiger charge is 2.20. The van der Waals surface area contributed by atoms with E-state index in [0.29, 0.717) is 15.8 Å². The van der Waals surface area contributed by atoms with E-state index in [1.165, 1.54) is 32.1 Å². The number of halogens is 2. The Bertz CT molecular complexity index is 499. The van der Waals surface area contributed by atoms with Gasteiger partial charge in [0, 0.05) is 11.1 Å². The molecule has 1 saturated carbocycles. The van der Waals surface area contributed by atoms with Crippen molar-refractivity contribution in [3.8, 4) is 5.75 Å². The second-order valence-corrected chi connectivity index (χ2v) is 6.73. The summed E-state index contributed by atoms with van der Waals surface area (Å²) in [6.07, 6.45) is 7.74. The molecule has 1 fully saturated rings. The van der Waals surface area contributed by atoms with Crippen LogP contribution in [0.2, 0.25) is 10.0 Å². The van der Waals surface area contributed by atoms with Crippen LogP contribution in [0, 0.1) is 0 Å². The molecule has 122 valence electrons. The Morgan fingerprint density at radius 3 is 2.45 bits per heavy atom. The quantitative estimate of drug-likeness (QED) is 0.836. The molecule has 0 unspecified atom stereocenters. The van der Waals surface area contributed by atoms with Gasteiger partial charge in [0.25, 0.3) is 5.91 Å². The van der Waals surface area contributed by atoms with Crippen molar-refractivity contribution in [2.24, 2.45) is 0 Å². The molecule has 22 heavy (non-hydrogen) atoms. The summed E-state index contributed by atoms with van der Waals surface area (Å²) in [5, 5.41) is 4.06. The molecule has 3 nitrogen and oxygen atoms in total. The van der Waals surface area contributed by atoms with Crippen LogP contribution in [0.15, 0.2) is 18.2 Å². The van der Waals surface area contributed by atoms with E-state index in [9.17, 15) is 4.79 Å². The summed E-state index contributed by atoms with van der Waals surface area (Å²) in [5.74, 6) is 0.392. The van der Waals surface area contributed by atoms with Gasteiger partial charge in [0.15, 0.2) is 6.10 Å². The fourth-order valence-corrected chi connectivity index (χ4v) is 3.19. The topological polar surface area (TPSA) is 38.3 Å². The minimum atomic E-state index is -0.580. The molecule has 0 aromatic heterocycles. The Morgan fingerprint density at radius 2 is 1.82 bits per heavy atom. The van der Waals surface area contributed by atoms with Crippen LogP contribution >= 0.6 is 23.2 Å². The van der Waals surface area contributed by atoms with Gasteiger partial charge in [-0.15, -0.1) is 0 Å². The maximum atomic E-state index is 12.3. The SMILES string of the molecule is C[C@H](Oc1ccc(Cl)cc1Cl)C(=O)NC1CCCCCCC1. The third-order valence-corrected chi connectivity index (χ3v) is 4.55. The number of amides is 1. The van der Waals surface area contributed by atoms with E-state index in [2.05, 4.69) is 5.32 Å². The lowest BCUT2D eigenvalue weighted by Gasteiger charge is -2.23. The fourth-order valence-electron chi connectivity index (χ4n) is 2.73. The minimum absolute atomic E-state index is 0.0865. The van der Waals surface area contributed by atoms with Gasteiger partial charge in [0.2, 0.25) is 0 Å². The van der Waals surface area contributed by atoms with Crippen molar-refractivity contribution in [1.29, 1.82) is 0 Å². The summed E-state index contributed by atoms with van der Waals surface area (Å²) in [6.45, 7) is 1.74. The smallest absolute Gasteiger partial charge is 0.260 e. The number of hydrogen-bond donors (Lipinski definition) is 1. The van der Waals surface area contributed by atoms with Crippen LogP contribution in [0.4, 0.5) is 0 Å². The molecule has 0 spiro atoms. The van der Waals surface area contributed by atoms with E-state index < -0.39 is 6.10 Å². The van der Waals surface area contributed by atoms with Crippen molar-refractivity contribution in [3.63, 3.8) is 0 Å². The Morgan fingerprint density at radius 1 is 1.18 bits per heavy atom. The monoisotopic (exact) mass is 343 g/mol. The third-order valence-electron chi connectivity index (χ3n) is 4.02. The van der Waals surface area contributed by atoms with E-state index in [-0.39, 0.29) is 11.9 Å². The van der Waals surface area contributed by atoms with Crippen molar-refractivity contribution in [3.05, 3.63) is 28.2 Å². The highest BCUT2D eigenvalue weighted by molar-refractivity contribution is 6.35. The molecule has 0 bridgehead atoms. The number of rotatable bonds is 4. The van der Waals surface area contributed by atoms with Crippen LogP contribution in [0.3, 0.4) is 0 Å². The van der Waals surface area contributed by atoms with E-state index in [0.717, 1.165) is 12.8 Å². The molecule has 1 aromatic rings. The molecule has 1 aliphatic rings. The lowest BCUT2D eigenvalue weighted by molar-refractivity contribution is -0.128. The van der Waals surface area contributed by atoms with Crippen molar-refractivity contribution in [1.82, 2.24) is 5.32 Å². The van der Waals surface area contributed by atoms with Gasteiger partial charge in [0.05, 0.1) is 5.02 Å². The van der Waals surface area contributed by atoms with Gasteiger partial charge < -0.3 is 10.1 Å². The maximum absolute atomic E-state index is 12.3. The summed E-state index contributed by atoms with van der Waals surface area (Å²) in [6, 6.07) is 5.25. The van der Waals surface area contributed by atoms with E-state index in [1.54, 1.807) is 25.1 Å². The van der Waals surface area contributed by atoms with Crippen molar-refractivity contribution < 1.29 is 9.53 Å². The van der Waals surface area contributed by atoms with Crippen LogP contribution in [0.5, 0.6) is 5.75 Å². The van der Waals surface area contributed by atoms with Gasteiger partial charge in [-0.2, -0.15) is 0 Å². The molecule has 0 heterocycles. The Labute approximate surface area is 142 Å². The van der Waals surface area contributed by atoms with Gasteiger partial charge in [-0.05, 0) is 38.0 Å². The van der Waals surface area contributed by atoms with Crippen molar-refractivity contribution >= 4 is 29.1 Å². The molecule has 2 rings (SSSR count). The average molecular weight is 344 g/mol. The zero-order valence-corrected chi connectivity index (χ0v) is 14.4. The second kappa shape index (κ2) is 8.64. The maximum Gasteiger partial charge on any atom is 0.260 e. The number of benzene rings is 1. The molecule has 1 amide bonds. The van der Waals surface area contributed by atoms with E-state index >= 15 is 0 Å². The summed E-state index contributed by atoms with van der Waals surface area (Å²) in [4.78, 5) is 12.3. The van der Waals surface area contributed by atoms with Crippen LogP contribution in [-0.4, -0.2) is 18.1 Å². The number of carbonyl (C=O) groups is 1. The second-order valence-electron chi connectivity index (χ2n) is 5.89.